The second-order valence-corrected chi connectivity index (χ2v) is 4.59. The zero-order valence-electron chi connectivity index (χ0n) is 11.3. The van der Waals surface area contributed by atoms with Gasteiger partial charge in [-0.25, -0.2) is 4.98 Å². The van der Waals surface area contributed by atoms with Crippen molar-refractivity contribution in [2.45, 2.75) is 13.5 Å². The molecule has 0 aliphatic carbocycles. The van der Waals surface area contributed by atoms with E-state index < -0.39 is 0 Å². The fourth-order valence-electron chi connectivity index (χ4n) is 2.10. The summed E-state index contributed by atoms with van der Waals surface area (Å²) in [5.74, 6) is 0.795. The summed E-state index contributed by atoms with van der Waals surface area (Å²) in [4.78, 5) is 6.64. The molecule has 0 spiro atoms. The number of nitrogens with two attached hydrogens (primary N) is 1. The highest BCUT2D eigenvalue weighted by Crippen LogP contribution is 2.32. The molecule has 4 heteroatoms. The van der Waals surface area contributed by atoms with Crippen molar-refractivity contribution in [1.82, 2.24) is 4.98 Å². The van der Waals surface area contributed by atoms with E-state index in [2.05, 4.69) is 22.9 Å². The van der Waals surface area contributed by atoms with E-state index in [1.807, 2.05) is 26.2 Å². The van der Waals surface area contributed by atoms with Gasteiger partial charge in [0.25, 0.3) is 0 Å². The average molecular weight is 245 g/mol. The molecule has 0 saturated heterocycles. The van der Waals surface area contributed by atoms with E-state index in [-0.39, 0.29) is 0 Å². The van der Waals surface area contributed by atoms with Crippen molar-refractivity contribution in [2.24, 2.45) is 5.73 Å². The standard InChI is InChI=1S/C14H19N3O/c1-9-5-11-12(17(2)3)7-10(8-15)16-14(11)13(6-9)18-4/h5-7H,8,15H2,1-4H3. The van der Waals surface area contributed by atoms with Gasteiger partial charge in [-0.3, -0.25) is 0 Å². The van der Waals surface area contributed by atoms with Crippen molar-refractivity contribution < 1.29 is 4.74 Å². The highest BCUT2D eigenvalue weighted by atomic mass is 16.5. The zero-order valence-corrected chi connectivity index (χ0v) is 11.3. The zero-order chi connectivity index (χ0) is 13.3. The molecule has 0 radical (unpaired) electrons. The first-order valence-electron chi connectivity index (χ1n) is 5.92. The third-order valence-electron chi connectivity index (χ3n) is 2.96. The molecule has 1 aromatic heterocycles. The number of hydrogen-bond acceptors (Lipinski definition) is 4. The average Bonchev–Trinajstić information content (AvgIpc) is 2.36. The first-order valence-corrected chi connectivity index (χ1v) is 5.92. The lowest BCUT2D eigenvalue weighted by Gasteiger charge is -2.18. The number of methoxy groups -OCH3 is 1. The van der Waals surface area contributed by atoms with E-state index in [9.17, 15) is 0 Å². The largest absolute Gasteiger partial charge is 0.494 e. The van der Waals surface area contributed by atoms with Crippen molar-refractivity contribution in [3.05, 3.63) is 29.5 Å². The second-order valence-electron chi connectivity index (χ2n) is 4.59. The highest BCUT2D eigenvalue weighted by molar-refractivity contribution is 5.96. The van der Waals surface area contributed by atoms with Crippen LogP contribution in [0.1, 0.15) is 11.3 Å². The number of aromatic nitrogens is 1. The van der Waals surface area contributed by atoms with Crippen LogP contribution in [0.2, 0.25) is 0 Å². The molecule has 1 aromatic carbocycles. The minimum atomic E-state index is 0.424. The molecule has 4 nitrogen and oxygen atoms in total. The van der Waals surface area contributed by atoms with Crippen molar-refractivity contribution in [2.75, 3.05) is 26.1 Å². The minimum Gasteiger partial charge on any atom is -0.494 e. The van der Waals surface area contributed by atoms with Crippen LogP contribution in [-0.2, 0) is 6.54 Å². The van der Waals surface area contributed by atoms with Crippen LogP contribution in [0.5, 0.6) is 5.75 Å². The second kappa shape index (κ2) is 4.82. The summed E-state index contributed by atoms with van der Waals surface area (Å²) in [5.41, 5.74) is 9.72. The van der Waals surface area contributed by atoms with Gasteiger partial charge in [-0.1, -0.05) is 0 Å². The van der Waals surface area contributed by atoms with E-state index in [0.717, 1.165) is 33.6 Å². The van der Waals surface area contributed by atoms with Gasteiger partial charge in [0.2, 0.25) is 0 Å². The van der Waals surface area contributed by atoms with Crippen LogP contribution >= 0.6 is 0 Å². The number of fused-ring (bicyclic) bond motifs is 1. The van der Waals surface area contributed by atoms with Crippen LogP contribution in [0, 0.1) is 6.92 Å². The molecule has 0 unspecified atom stereocenters. The maximum Gasteiger partial charge on any atom is 0.145 e. The minimum absolute atomic E-state index is 0.424. The van der Waals surface area contributed by atoms with Crippen LogP contribution in [0.15, 0.2) is 18.2 Å². The van der Waals surface area contributed by atoms with Gasteiger partial charge in [-0.05, 0) is 30.7 Å². The Hall–Kier alpha value is -1.81. The molecule has 0 fully saturated rings. The first kappa shape index (κ1) is 12.6. The summed E-state index contributed by atoms with van der Waals surface area (Å²) in [6.45, 7) is 2.48. The SMILES string of the molecule is COc1cc(C)cc2c(N(C)C)cc(CN)nc12. The molecule has 2 N–H and O–H groups in total. The van der Waals surface area contributed by atoms with E-state index >= 15 is 0 Å². The molecule has 0 atom stereocenters. The Kier molecular flexibility index (Phi) is 3.39. The van der Waals surface area contributed by atoms with E-state index in [0.29, 0.717) is 6.54 Å². The van der Waals surface area contributed by atoms with Crippen LogP contribution in [-0.4, -0.2) is 26.2 Å². The first-order chi connectivity index (χ1) is 8.56. The predicted molar refractivity (Wildman–Crippen MR) is 75.3 cm³/mol. The van der Waals surface area contributed by atoms with Crippen LogP contribution in [0.25, 0.3) is 10.9 Å². The number of ether oxygens (including phenoxy) is 1. The fraction of sp³-hybridized carbons (Fsp3) is 0.357. The van der Waals surface area contributed by atoms with Crippen molar-refractivity contribution in [1.29, 1.82) is 0 Å². The van der Waals surface area contributed by atoms with E-state index in [1.165, 1.54) is 0 Å². The quantitative estimate of drug-likeness (QED) is 0.899. The summed E-state index contributed by atoms with van der Waals surface area (Å²) in [6.07, 6.45) is 0. The molecule has 0 saturated carbocycles. The Morgan fingerprint density at radius 1 is 1.28 bits per heavy atom. The summed E-state index contributed by atoms with van der Waals surface area (Å²) in [6, 6.07) is 6.15. The van der Waals surface area contributed by atoms with Gasteiger partial charge in [0.15, 0.2) is 0 Å². The third kappa shape index (κ3) is 2.11. The molecule has 1 heterocycles. The Morgan fingerprint density at radius 2 is 2.00 bits per heavy atom. The van der Waals surface area contributed by atoms with Gasteiger partial charge in [0.1, 0.15) is 11.3 Å². The molecular weight excluding hydrogens is 226 g/mol. The summed E-state index contributed by atoms with van der Waals surface area (Å²) < 4.78 is 5.42. The normalized spacial score (nSPS) is 10.7. The molecule has 18 heavy (non-hydrogen) atoms. The lowest BCUT2D eigenvalue weighted by molar-refractivity contribution is 0.418. The summed E-state index contributed by atoms with van der Waals surface area (Å²) in [5, 5.41) is 1.09. The van der Waals surface area contributed by atoms with Crippen LogP contribution in [0.3, 0.4) is 0 Å². The number of anilines is 1. The Labute approximate surface area is 107 Å². The van der Waals surface area contributed by atoms with Crippen molar-refractivity contribution in [3.8, 4) is 5.75 Å². The lowest BCUT2D eigenvalue weighted by Crippen LogP contribution is -2.11. The Bertz CT molecular complexity index is 579. The number of pyridine rings is 1. The van der Waals surface area contributed by atoms with E-state index in [1.54, 1.807) is 7.11 Å². The fourth-order valence-corrected chi connectivity index (χ4v) is 2.10. The summed E-state index contributed by atoms with van der Waals surface area (Å²) in [7, 11) is 5.70. The summed E-state index contributed by atoms with van der Waals surface area (Å²) >= 11 is 0. The lowest BCUT2D eigenvalue weighted by atomic mass is 10.1. The third-order valence-corrected chi connectivity index (χ3v) is 2.96. The maximum atomic E-state index is 5.71. The molecule has 2 rings (SSSR count). The molecule has 0 bridgehead atoms. The number of benzene rings is 1. The molecular formula is C14H19N3O. The Morgan fingerprint density at radius 3 is 2.56 bits per heavy atom. The van der Waals surface area contributed by atoms with Gasteiger partial charge in [0, 0.05) is 31.7 Å². The van der Waals surface area contributed by atoms with Crippen LogP contribution in [0.4, 0.5) is 5.69 Å². The topological polar surface area (TPSA) is 51.4 Å². The van der Waals surface area contributed by atoms with Gasteiger partial charge >= 0.3 is 0 Å². The number of rotatable bonds is 3. The number of hydrogen-bond donors (Lipinski definition) is 1. The molecule has 0 amide bonds. The molecule has 2 aromatic rings. The van der Waals surface area contributed by atoms with Gasteiger partial charge in [-0.15, -0.1) is 0 Å². The highest BCUT2D eigenvalue weighted by Gasteiger charge is 2.11. The predicted octanol–water partition coefficient (Wildman–Crippen LogP) is 2.08. The maximum absolute atomic E-state index is 5.71. The monoisotopic (exact) mass is 245 g/mol. The van der Waals surface area contributed by atoms with Crippen LogP contribution < -0.4 is 15.4 Å². The van der Waals surface area contributed by atoms with Crippen molar-refractivity contribution in [3.63, 3.8) is 0 Å². The van der Waals surface area contributed by atoms with Gasteiger partial charge in [-0.2, -0.15) is 0 Å². The molecule has 0 aliphatic heterocycles. The number of aryl methyl sites for hydroxylation is 1. The molecule has 0 aliphatic rings. The number of nitrogens with zero attached hydrogens (tertiary/aromatic N) is 2. The van der Waals surface area contributed by atoms with E-state index in [4.69, 9.17) is 10.5 Å². The van der Waals surface area contributed by atoms with Crippen molar-refractivity contribution >= 4 is 16.6 Å². The Balaban J connectivity index is 2.85. The molecule has 96 valence electrons. The smallest absolute Gasteiger partial charge is 0.145 e. The van der Waals surface area contributed by atoms with Gasteiger partial charge < -0.3 is 15.4 Å². The van der Waals surface area contributed by atoms with Gasteiger partial charge in [0.05, 0.1) is 12.8 Å².